The predicted octanol–water partition coefficient (Wildman–Crippen LogP) is 1.49. The molecule has 0 amide bonds. The van der Waals surface area contributed by atoms with E-state index in [0.29, 0.717) is 0 Å². The van der Waals surface area contributed by atoms with E-state index < -0.39 is 0 Å². The molecular formula is C12H15N3. The maximum Gasteiger partial charge on any atom is 0.113 e. The Morgan fingerprint density at radius 2 is 2.47 bits per heavy atom. The van der Waals surface area contributed by atoms with Gasteiger partial charge in [-0.3, -0.25) is 0 Å². The average molecular weight is 201 g/mol. The van der Waals surface area contributed by atoms with Gasteiger partial charge in [0, 0.05) is 12.6 Å². The number of pyridine rings is 1. The van der Waals surface area contributed by atoms with E-state index in [-0.39, 0.29) is 0 Å². The molecule has 3 nitrogen and oxygen atoms in total. The molecule has 0 bridgehead atoms. The van der Waals surface area contributed by atoms with Crippen molar-refractivity contribution in [1.29, 1.82) is 0 Å². The van der Waals surface area contributed by atoms with Crippen molar-refractivity contribution in [2.24, 2.45) is 5.92 Å². The average Bonchev–Trinajstić information content (AvgIpc) is 2.89. The third-order valence-electron chi connectivity index (χ3n) is 3.15. The fourth-order valence-electron chi connectivity index (χ4n) is 2.30. The first kappa shape index (κ1) is 8.92. The molecule has 0 spiro atoms. The number of hydrogen-bond acceptors (Lipinski definition) is 2. The smallest absolute Gasteiger partial charge is 0.113 e. The highest BCUT2D eigenvalue weighted by molar-refractivity contribution is 5.45. The van der Waals surface area contributed by atoms with Crippen molar-refractivity contribution in [3.63, 3.8) is 0 Å². The van der Waals surface area contributed by atoms with Crippen LogP contribution in [0.4, 0.5) is 0 Å². The summed E-state index contributed by atoms with van der Waals surface area (Å²) in [6, 6.07) is 6.21. The normalized spacial score (nSPS) is 21.2. The number of aromatic nitrogens is 2. The molecule has 1 aliphatic rings. The Hall–Kier alpha value is -1.35. The highest BCUT2D eigenvalue weighted by Crippen LogP contribution is 2.15. The summed E-state index contributed by atoms with van der Waals surface area (Å²) in [6.45, 7) is 2.30. The molecule has 2 aromatic rings. The molecule has 1 saturated heterocycles. The summed E-state index contributed by atoms with van der Waals surface area (Å²) in [4.78, 5) is 4.49. The third kappa shape index (κ3) is 1.63. The summed E-state index contributed by atoms with van der Waals surface area (Å²) in [6.07, 6.45) is 6.42. The molecule has 0 saturated carbocycles. The molecule has 15 heavy (non-hydrogen) atoms. The second-order valence-corrected chi connectivity index (χ2v) is 4.23. The van der Waals surface area contributed by atoms with Gasteiger partial charge in [0.2, 0.25) is 0 Å². The quantitative estimate of drug-likeness (QED) is 0.797. The Kier molecular flexibility index (Phi) is 2.18. The van der Waals surface area contributed by atoms with Crippen LogP contribution in [0.15, 0.2) is 30.6 Å². The zero-order valence-corrected chi connectivity index (χ0v) is 8.69. The van der Waals surface area contributed by atoms with Crippen molar-refractivity contribution in [2.75, 3.05) is 13.1 Å². The van der Waals surface area contributed by atoms with Gasteiger partial charge in [0.05, 0.1) is 11.7 Å². The Morgan fingerprint density at radius 1 is 1.47 bits per heavy atom. The molecule has 78 valence electrons. The molecule has 3 heterocycles. The Bertz CT molecular complexity index is 455. The van der Waals surface area contributed by atoms with E-state index in [4.69, 9.17) is 0 Å². The minimum absolute atomic E-state index is 0.760. The van der Waals surface area contributed by atoms with Crippen molar-refractivity contribution in [3.05, 3.63) is 36.4 Å². The Labute approximate surface area is 89.1 Å². The van der Waals surface area contributed by atoms with Gasteiger partial charge in [-0.15, -0.1) is 0 Å². The zero-order chi connectivity index (χ0) is 10.1. The van der Waals surface area contributed by atoms with Gasteiger partial charge in [-0.25, -0.2) is 4.98 Å². The van der Waals surface area contributed by atoms with E-state index in [1.165, 1.54) is 17.8 Å². The number of nitrogens with zero attached hydrogens (tertiary/aromatic N) is 2. The number of nitrogens with one attached hydrogen (secondary N) is 1. The summed E-state index contributed by atoms with van der Waals surface area (Å²) in [5.74, 6) is 1.95. The lowest BCUT2D eigenvalue weighted by Crippen LogP contribution is -2.12. The summed E-state index contributed by atoms with van der Waals surface area (Å²) in [5.41, 5.74) is 1.19. The summed E-state index contributed by atoms with van der Waals surface area (Å²) in [5, 5.41) is 3.40. The number of rotatable bonds is 2. The van der Waals surface area contributed by atoms with Crippen LogP contribution in [0.3, 0.4) is 0 Å². The van der Waals surface area contributed by atoms with Gasteiger partial charge >= 0.3 is 0 Å². The fourth-order valence-corrected chi connectivity index (χ4v) is 2.30. The van der Waals surface area contributed by atoms with E-state index in [9.17, 15) is 0 Å². The Morgan fingerprint density at radius 3 is 3.33 bits per heavy atom. The second-order valence-electron chi connectivity index (χ2n) is 4.23. The first-order valence-electron chi connectivity index (χ1n) is 5.55. The van der Waals surface area contributed by atoms with Crippen molar-refractivity contribution in [1.82, 2.24) is 14.7 Å². The van der Waals surface area contributed by atoms with Gasteiger partial charge in [-0.05, 0) is 37.6 Å². The van der Waals surface area contributed by atoms with E-state index in [1.54, 1.807) is 0 Å². The molecule has 0 aromatic carbocycles. The topological polar surface area (TPSA) is 29.3 Å². The molecule has 0 aliphatic carbocycles. The van der Waals surface area contributed by atoms with Gasteiger partial charge in [0.25, 0.3) is 0 Å². The van der Waals surface area contributed by atoms with Crippen LogP contribution in [-0.2, 0) is 6.42 Å². The zero-order valence-electron chi connectivity index (χ0n) is 8.69. The van der Waals surface area contributed by atoms with Crippen LogP contribution in [0.2, 0.25) is 0 Å². The van der Waals surface area contributed by atoms with E-state index in [0.717, 1.165) is 25.4 Å². The van der Waals surface area contributed by atoms with Crippen molar-refractivity contribution >= 4 is 5.52 Å². The van der Waals surface area contributed by atoms with Crippen LogP contribution in [-0.4, -0.2) is 22.5 Å². The van der Waals surface area contributed by atoms with E-state index in [2.05, 4.69) is 39.1 Å². The van der Waals surface area contributed by atoms with Crippen LogP contribution < -0.4 is 5.32 Å². The summed E-state index contributed by atoms with van der Waals surface area (Å²) >= 11 is 0. The molecule has 1 atom stereocenters. The van der Waals surface area contributed by atoms with E-state index >= 15 is 0 Å². The summed E-state index contributed by atoms with van der Waals surface area (Å²) < 4.78 is 2.19. The lowest BCUT2D eigenvalue weighted by molar-refractivity contribution is 0.560. The highest BCUT2D eigenvalue weighted by Gasteiger charge is 2.16. The van der Waals surface area contributed by atoms with Gasteiger partial charge in [0.15, 0.2) is 0 Å². The molecule has 1 N–H and O–H groups in total. The van der Waals surface area contributed by atoms with Gasteiger partial charge < -0.3 is 9.72 Å². The highest BCUT2D eigenvalue weighted by atomic mass is 15.0. The third-order valence-corrected chi connectivity index (χ3v) is 3.15. The predicted molar refractivity (Wildman–Crippen MR) is 59.9 cm³/mol. The standard InChI is InChI=1S/C12H15N3/c1-2-6-15-11(3-1)9-14-12(15)7-10-4-5-13-8-10/h1-3,6,9-10,13H,4-5,7-8H2. The first-order chi connectivity index (χ1) is 7.43. The molecule has 3 rings (SSSR count). The monoisotopic (exact) mass is 201 g/mol. The molecule has 1 unspecified atom stereocenters. The van der Waals surface area contributed by atoms with Crippen molar-refractivity contribution < 1.29 is 0 Å². The van der Waals surface area contributed by atoms with Crippen LogP contribution in [0.5, 0.6) is 0 Å². The molecule has 2 aromatic heterocycles. The minimum Gasteiger partial charge on any atom is -0.316 e. The maximum absolute atomic E-state index is 4.49. The number of imidazole rings is 1. The van der Waals surface area contributed by atoms with Gasteiger partial charge in [-0.1, -0.05) is 6.07 Å². The van der Waals surface area contributed by atoms with Crippen LogP contribution in [0.1, 0.15) is 12.2 Å². The number of fused-ring (bicyclic) bond motifs is 1. The summed E-state index contributed by atoms with van der Waals surface area (Å²) in [7, 11) is 0. The SMILES string of the molecule is c1ccn2c(CC3CCNC3)ncc2c1. The lowest BCUT2D eigenvalue weighted by atomic mass is 10.1. The largest absolute Gasteiger partial charge is 0.316 e. The lowest BCUT2D eigenvalue weighted by Gasteiger charge is -2.06. The fraction of sp³-hybridized carbons (Fsp3) is 0.417. The van der Waals surface area contributed by atoms with Crippen molar-refractivity contribution in [2.45, 2.75) is 12.8 Å². The second kappa shape index (κ2) is 3.66. The van der Waals surface area contributed by atoms with Crippen molar-refractivity contribution in [3.8, 4) is 0 Å². The van der Waals surface area contributed by atoms with Crippen LogP contribution in [0.25, 0.3) is 5.52 Å². The minimum atomic E-state index is 0.760. The van der Waals surface area contributed by atoms with E-state index in [1.807, 2.05) is 6.20 Å². The molecule has 1 aliphatic heterocycles. The van der Waals surface area contributed by atoms with Crippen LogP contribution in [0, 0.1) is 5.92 Å². The molecule has 3 heteroatoms. The van der Waals surface area contributed by atoms with Gasteiger partial charge in [0.1, 0.15) is 5.82 Å². The molecular weight excluding hydrogens is 186 g/mol. The van der Waals surface area contributed by atoms with Crippen LogP contribution >= 0.6 is 0 Å². The number of hydrogen-bond donors (Lipinski definition) is 1. The Balaban J connectivity index is 1.90. The maximum atomic E-state index is 4.49. The first-order valence-corrected chi connectivity index (χ1v) is 5.55. The molecule has 0 radical (unpaired) electrons. The van der Waals surface area contributed by atoms with Gasteiger partial charge in [-0.2, -0.15) is 0 Å². The molecule has 1 fully saturated rings.